The Kier molecular flexibility index (Phi) is 3.88. The number of imidazole rings is 1. The van der Waals surface area contributed by atoms with Crippen molar-refractivity contribution in [2.75, 3.05) is 0 Å². The van der Waals surface area contributed by atoms with E-state index < -0.39 is 11.6 Å². The van der Waals surface area contributed by atoms with E-state index in [1.807, 2.05) is 0 Å². The van der Waals surface area contributed by atoms with E-state index >= 15 is 0 Å². The molecule has 1 aliphatic carbocycles. The quantitative estimate of drug-likeness (QED) is 0.410. The van der Waals surface area contributed by atoms with E-state index in [0.29, 0.717) is 0 Å². The van der Waals surface area contributed by atoms with Gasteiger partial charge in [0, 0.05) is 23.9 Å². The van der Waals surface area contributed by atoms with Crippen LogP contribution in [0.2, 0.25) is 0 Å². The zero-order valence-corrected chi connectivity index (χ0v) is 11.6. The first-order valence-corrected chi connectivity index (χ1v) is 6.85. The van der Waals surface area contributed by atoms with Crippen LogP contribution in [0.15, 0.2) is 36.0 Å². The van der Waals surface area contributed by atoms with E-state index in [2.05, 4.69) is 22.0 Å². The van der Waals surface area contributed by atoms with Gasteiger partial charge in [0.2, 0.25) is 0 Å². The van der Waals surface area contributed by atoms with Crippen molar-refractivity contribution in [2.45, 2.75) is 19.4 Å². The van der Waals surface area contributed by atoms with Gasteiger partial charge >= 0.3 is 0 Å². The maximum Gasteiger partial charge on any atom is 0.142 e. The lowest BCUT2D eigenvalue weighted by molar-refractivity contribution is 0.317. The molecule has 1 heterocycles. The summed E-state index contributed by atoms with van der Waals surface area (Å²) in [6.07, 6.45) is 6.72. The molecule has 1 aliphatic rings. The number of hydrogen-bond donors (Lipinski definition) is 1. The van der Waals surface area contributed by atoms with Crippen molar-refractivity contribution in [1.29, 1.82) is 0 Å². The molecule has 4 nitrogen and oxygen atoms in total. The van der Waals surface area contributed by atoms with Crippen LogP contribution in [0.3, 0.4) is 0 Å². The van der Waals surface area contributed by atoms with Crippen LogP contribution >= 0.6 is 0 Å². The Morgan fingerprint density at radius 1 is 1.36 bits per heavy atom. The predicted octanol–water partition coefficient (Wildman–Crippen LogP) is 2.80. The maximum absolute atomic E-state index is 14.1. The van der Waals surface area contributed by atoms with Gasteiger partial charge in [-0.1, -0.05) is 17.0 Å². The number of aromatic nitrogens is 2. The fourth-order valence-corrected chi connectivity index (χ4v) is 1.99. The molecule has 3 rings (SSSR count). The van der Waals surface area contributed by atoms with E-state index in [1.54, 1.807) is 17.0 Å². The highest BCUT2D eigenvalue weighted by atomic mass is 19.1. The van der Waals surface area contributed by atoms with E-state index in [4.69, 9.17) is 5.21 Å². The van der Waals surface area contributed by atoms with Gasteiger partial charge in [-0.25, -0.2) is 13.8 Å². The third kappa shape index (κ3) is 3.14. The minimum atomic E-state index is -0.755. The average molecular weight is 301 g/mol. The molecule has 1 saturated carbocycles. The Hall–Kier alpha value is -2.68. The molecule has 6 heteroatoms. The van der Waals surface area contributed by atoms with Crippen molar-refractivity contribution in [3.8, 4) is 11.8 Å². The van der Waals surface area contributed by atoms with E-state index in [1.165, 1.54) is 6.33 Å². The van der Waals surface area contributed by atoms with Gasteiger partial charge in [-0.15, -0.1) is 0 Å². The average Bonchev–Trinajstić information content (AvgIpc) is 3.18. The van der Waals surface area contributed by atoms with Gasteiger partial charge in [0.05, 0.1) is 18.4 Å². The summed E-state index contributed by atoms with van der Waals surface area (Å²) in [4.78, 5) is 3.86. The largest absolute Gasteiger partial charge is 0.411 e. The van der Waals surface area contributed by atoms with Crippen molar-refractivity contribution in [2.24, 2.45) is 11.1 Å². The van der Waals surface area contributed by atoms with Crippen LogP contribution in [-0.2, 0) is 6.54 Å². The fraction of sp³-hybridized carbons (Fsp3) is 0.250. The Morgan fingerprint density at radius 2 is 2.09 bits per heavy atom. The molecule has 1 aromatic carbocycles. The smallest absolute Gasteiger partial charge is 0.142 e. The second kappa shape index (κ2) is 5.98. The monoisotopic (exact) mass is 301 g/mol. The lowest BCUT2D eigenvalue weighted by Gasteiger charge is -2.07. The summed E-state index contributed by atoms with van der Waals surface area (Å²) in [5.41, 5.74) is 0.0660. The minimum absolute atomic E-state index is 0.137. The van der Waals surface area contributed by atoms with Gasteiger partial charge in [0.15, 0.2) is 0 Å². The molecule has 0 spiro atoms. The molecular weight excluding hydrogens is 288 g/mol. The molecule has 1 N–H and O–H groups in total. The van der Waals surface area contributed by atoms with Crippen molar-refractivity contribution < 1.29 is 14.0 Å². The van der Waals surface area contributed by atoms with Gasteiger partial charge in [0.25, 0.3) is 0 Å². The fourth-order valence-electron chi connectivity index (χ4n) is 1.99. The Balaban J connectivity index is 1.89. The summed E-state index contributed by atoms with van der Waals surface area (Å²) in [6.45, 7) is 0.155. The van der Waals surface area contributed by atoms with Crippen LogP contribution in [0.5, 0.6) is 0 Å². The van der Waals surface area contributed by atoms with Crippen molar-refractivity contribution in [3.63, 3.8) is 0 Å². The van der Waals surface area contributed by atoms with Gasteiger partial charge < -0.3 is 9.77 Å². The maximum atomic E-state index is 14.1. The van der Waals surface area contributed by atoms with Crippen LogP contribution < -0.4 is 0 Å². The summed E-state index contributed by atoms with van der Waals surface area (Å²) >= 11 is 0. The van der Waals surface area contributed by atoms with Crippen molar-refractivity contribution in [1.82, 2.24) is 9.55 Å². The number of halogens is 2. The highest BCUT2D eigenvalue weighted by Gasteiger charge is 2.19. The molecule has 2 aromatic rings. The van der Waals surface area contributed by atoms with E-state index in [9.17, 15) is 8.78 Å². The Bertz CT molecular complexity index is 745. The van der Waals surface area contributed by atoms with Crippen LogP contribution in [0, 0.1) is 29.4 Å². The summed E-state index contributed by atoms with van der Waals surface area (Å²) in [6, 6.07) is 2.26. The molecule has 22 heavy (non-hydrogen) atoms. The van der Waals surface area contributed by atoms with Gasteiger partial charge in [-0.2, -0.15) is 0 Å². The highest BCUT2D eigenvalue weighted by molar-refractivity contribution is 6.00. The number of nitrogens with zero attached hydrogens (tertiary/aromatic N) is 3. The molecule has 112 valence electrons. The molecule has 0 saturated heterocycles. The lowest BCUT2D eigenvalue weighted by Crippen LogP contribution is -2.12. The summed E-state index contributed by atoms with van der Waals surface area (Å²) < 4.78 is 29.7. The second-order valence-corrected chi connectivity index (χ2v) is 5.14. The zero-order valence-electron chi connectivity index (χ0n) is 11.6. The standard InChI is InChI=1S/C16H13F2N3O/c17-14-7-12(16(20-22)9-21-6-5-19-10-21)8-15(18)13(14)4-3-11-1-2-11/h5-8,10-11,22H,1-2,9H2/b20-16+. The van der Waals surface area contributed by atoms with Crippen molar-refractivity contribution >= 4 is 5.71 Å². The molecule has 0 bridgehead atoms. The number of oxime groups is 1. The van der Waals surface area contributed by atoms with Gasteiger partial charge in [-0.05, 0) is 25.0 Å². The lowest BCUT2D eigenvalue weighted by atomic mass is 10.1. The second-order valence-electron chi connectivity index (χ2n) is 5.14. The zero-order chi connectivity index (χ0) is 15.5. The van der Waals surface area contributed by atoms with Gasteiger partial charge in [-0.3, -0.25) is 0 Å². The van der Waals surface area contributed by atoms with Crippen LogP contribution in [0.4, 0.5) is 8.78 Å². The molecule has 0 atom stereocenters. The van der Waals surface area contributed by atoms with Crippen LogP contribution in [-0.4, -0.2) is 20.5 Å². The number of rotatable bonds is 3. The topological polar surface area (TPSA) is 50.4 Å². The molecule has 1 aromatic heterocycles. The number of benzene rings is 1. The summed E-state index contributed by atoms with van der Waals surface area (Å²) in [5, 5.41) is 12.2. The summed E-state index contributed by atoms with van der Waals surface area (Å²) in [7, 11) is 0. The van der Waals surface area contributed by atoms with Crippen molar-refractivity contribution in [3.05, 3.63) is 53.6 Å². The normalized spacial score (nSPS) is 14.5. The van der Waals surface area contributed by atoms with Crippen LogP contribution in [0.1, 0.15) is 24.0 Å². The molecule has 1 fully saturated rings. The van der Waals surface area contributed by atoms with Crippen LogP contribution in [0.25, 0.3) is 0 Å². The Morgan fingerprint density at radius 3 is 2.64 bits per heavy atom. The minimum Gasteiger partial charge on any atom is -0.411 e. The third-order valence-corrected chi connectivity index (χ3v) is 3.37. The molecule has 0 amide bonds. The molecular formula is C16H13F2N3O. The van der Waals surface area contributed by atoms with Gasteiger partial charge in [0.1, 0.15) is 17.3 Å². The molecule has 0 unspecified atom stereocenters. The highest BCUT2D eigenvalue weighted by Crippen LogP contribution is 2.28. The molecule has 0 radical (unpaired) electrons. The third-order valence-electron chi connectivity index (χ3n) is 3.37. The Labute approximate surface area is 126 Å². The first-order chi connectivity index (χ1) is 10.7. The summed E-state index contributed by atoms with van der Waals surface area (Å²) in [5.74, 6) is 4.14. The van der Waals surface area contributed by atoms with E-state index in [-0.39, 0.29) is 29.3 Å². The van der Waals surface area contributed by atoms with E-state index in [0.717, 1.165) is 25.0 Å². The number of hydrogen-bond acceptors (Lipinski definition) is 3. The SMILES string of the molecule is O/N=C(\Cn1ccnc1)c1cc(F)c(C#CC2CC2)c(F)c1. The first-order valence-electron chi connectivity index (χ1n) is 6.85. The first kappa shape index (κ1) is 14.3. The predicted molar refractivity (Wildman–Crippen MR) is 76.5 cm³/mol. The molecule has 0 aliphatic heterocycles.